The van der Waals surface area contributed by atoms with E-state index in [-0.39, 0.29) is 11.9 Å². The molecule has 2 atom stereocenters. The van der Waals surface area contributed by atoms with Gasteiger partial charge in [-0.25, -0.2) is 4.79 Å². The fourth-order valence-electron chi connectivity index (χ4n) is 2.93. The van der Waals surface area contributed by atoms with E-state index >= 15 is 0 Å². The van der Waals surface area contributed by atoms with Crippen LogP contribution in [0.2, 0.25) is 0 Å². The number of rotatable bonds is 2. The molecule has 3 amide bonds. The maximum absolute atomic E-state index is 11.8. The quantitative estimate of drug-likeness (QED) is 0.677. The summed E-state index contributed by atoms with van der Waals surface area (Å²) >= 11 is 0. The zero-order valence-corrected chi connectivity index (χ0v) is 9.30. The van der Waals surface area contributed by atoms with Crippen LogP contribution in [0.25, 0.3) is 0 Å². The molecule has 0 aromatic heterocycles. The molecular weight excluding hydrogens is 192 g/mol. The molecule has 1 saturated heterocycles. The first-order valence-corrected chi connectivity index (χ1v) is 5.68. The standard InChI is InChI=1S/C11H18N2O2/c1-7(2)6-8-4-3-5-11(8)9(14)12-10(15)13-11/h7-8H,3-6H2,1-2H3,(H2,12,13,14,15)/t8-,11-/m1/s1. The number of imide groups is 1. The Labute approximate surface area is 89.8 Å². The molecule has 1 aliphatic carbocycles. The van der Waals surface area contributed by atoms with Gasteiger partial charge in [0.2, 0.25) is 0 Å². The maximum Gasteiger partial charge on any atom is 0.322 e. The molecule has 1 heterocycles. The maximum atomic E-state index is 11.8. The van der Waals surface area contributed by atoms with E-state index < -0.39 is 5.54 Å². The van der Waals surface area contributed by atoms with E-state index in [1.165, 1.54) is 0 Å². The zero-order valence-electron chi connectivity index (χ0n) is 9.30. The monoisotopic (exact) mass is 210 g/mol. The SMILES string of the molecule is CC(C)C[C@H]1CCC[C@@]12NC(=O)NC2=O. The summed E-state index contributed by atoms with van der Waals surface area (Å²) in [6.07, 6.45) is 3.88. The lowest BCUT2D eigenvalue weighted by Gasteiger charge is -2.29. The summed E-state index contributed by atoms with van der Waals surface area (Å²) in [7, 11) is 0. The van der Waals surface area contributed by atoms with Crippen molar-refractivity contribution in [1.82, 2.24) is 10.6 Å². The molecule has 1 saturated carbocycles. The Hall–Kier alpha value is -1.06. The molecule has 0 radical (unpaired) electrons. The van der Waals surface area contributed by atoms with Crippen LogP contribution in [0.15, 0.2) is 0 Å². The highest BCUT2D eigenvalue weighted by Gasteiger charge is 2.53. The smallest absolute Gasteiger partial charge is 0.322 e. The molecule has 4 nitrogen and oxygen atoms in total. The largest absolute Gasteiger partial charge is 0.323 e. The third-order valence-electron chi connectivity index (χ3n) is 3.55. The fraction of sp³-hybridized carbons (Fsp3) is 0.818. The minimum atomic E-state index is -0.582. The molecule has 2 aliphatic rings. The van der Waals surface area contributed by atoms with E-state index in [0.717, 1.165) is 25.7 Å². The van der Waals surface area contributed by atoms with Crippen LogP contribution in [0.5, 0.6) is 0 Å². The molecule has 0 aromatic rings. The second-order valence-corrected chi connectivity index (χ2v) is 5.10. The number of hydrogen-bond acceptors (Lipinski definition) is 2. The van der Waals surface area contributed by atoms with Crippen LogP contribution in [0.1, 0.15) is 39.5 Å². The van der Waals surface area contributed by atoms with E-state index in [0.29, 0.717) is 11.8 Å². The Morgan fingerprint density at radius 2 is 2.20 bits per heavy atom. The number of urea groups is 1. The number of amides is 3. The Morgan fingerprint density at radius 1 is 1.47 bits per heavy atom. The van der Waals surface area contributed by atoms with Crippen LogP contribution >= 0.6 is 0 Å². The summed E-state index contributed by atoms with van der Waals surface area (Å²) in [6.45, 7) is 4.31. The summed E-state index contributed by atoms with van der Waals surface area (Å²) in [4.78, 5) is 23.0. The molecule has 1 spiro atoms. The van der Waals surface area contributed by atoms with Gasteiger partial charge in [-0.3, -0.25) is 10.1 Å². The molecule has 2 fully saturated rings. The van der Waals surface area contributed by atoms with Crippen molar-refractivity contribution in [2.24, 2.45) is 11.8 Å². The topological polar surface area (TPSA) is 58.2 Å². The molecule has 4 heteroatoms. The second-order valence-electron chi connectivity index (χ2n) is 5.10. The Morgan fingerprint density at radius 3 is 2.73 bits per heavy atom. The Bertz CT molecular complexity index is 301. The van der Waals surface area contributed by atoms with E-state index in [1.807, 2.05) is 0 Å². The third kappa shape index (κ3) is 1.62. The van der Waals surface area contributed by atoms with Crippen LogP contribution < -0.4 is 10.6 Å². The first-order valence-electron chi connectivity index (χ1n) is 5.68. The molecule has 1 aliphatic heterocycles. The minimum Gasteiger partial charge on any atom is -0.323 e. The first-order chi connectivity index (χ1) is 7.04. The number of nitrogens with one attached hydrogen (secondary N) is 2. The van der Waals surface area contributed by atoms with E-state index in [1.54, 1.807) is 0 Å². The van der Waals surface area contributed by atoms with Crippen molar-refractivity contribution in [1.29, 1.82) is 0 Å². The van der Waals surface area contributed by atoms with Crippen molar-refractivity contribution < 1.29 is 9.59 Å². The van der Waals surface area contributed by atoms with Crippen molar-refractivity contribution in [3.8, 4) is 0 Å². The van der Waals surface area contributed by atoms with Crippen molar-refractivity contribution >= 4 is 11.9 Å². The van der Waals surface area contributed by atoms with Gasteiger partial charge in [0.05, 0.1) is 0 Å². The molecule has 15 heavy (non-hydrogen) atoms. The summed E-state index contributed by atoms with van der Waals surface area (Å²) in [5.74, 6) is 0.759. The van der Waals surface area contributed by atoms with Crippen LogP contribution in [0.3, 0.4) is 0 Å². The zero-order chi connectivity index (χ0) is 11.1. The molecular formula is C11H18N2O2. The molecule has 2 N–H and O–H groups in total. The van der Waals surface area contributed by atoms with E-state index in [4.69, 9.17) is 0 Å². The van der Waals surface area contributed by atoms with Crippen molar-refractivity contribution in [2.45, 2.75) is 45.1 Å². The highest BCUT2D eigenvalue weighted by molar-refractivity contribution is 6.07. The van der Waals surface area contributed by atoms with Crippen molar-refractivity contribution in [3.05, 3.63) is 0 Å². The van der Waals surface area contributed by atoms with Gasteiger partial charge in [0.25, 0.3) is 5.91 Å². The van der Waals surface area contributed by atoms with Crippen LogP contribution in [-0.4, -0.2) is 17.5 Å². The first kappa shape index (κ1) is 10.5. The number of hydrogen-bond donors (Lipinski definition) is 2. The van der Waals surface area contributed by atoms with Gasteiger partial charge in [-0.05, 0) is 31.1 Å². The van der Waals surface area contributed by atoms with Gasteiger partial charge in [0, 0.05) is 0 Å². The summed E-state index contributed by atoms with van der Waals surface area (Å²) < 4.78 is 0. The lowest BCUT2D eigenvalue weighted by molar-refractivity contribution is -0.125. The lowest BCUT2D eigenvalue weighted by atomic mass is 9.81. The van der Waals surface area contributed by atoms with Gasteiger partial charge >= 0.3 is 6.03 Å². The van der Waals surface area contributed by atoms with Crippen molar-refractivity contribution in [3.63, 3.8) is 0 Å². The molecule has 2 rings (SSSR count). The average Bonchev–Trinajstić information content (AvgIpc) is 2.60. The van der Waals surface area contributed by atoms with Crippen LogP contribution in [0, 0.1) is 11.8 Å². The number of carbonyl (C=O) groups is 2. The Kier molecular flexibility index (Phi) is 2.44. The van der Waals surface area contributed by atoms with E-state index in [9.17, 15) is 9.59 Å². The molecule has 0 bridgehead atoms. The van der Waals surface area contributed by atoms with Gasteiger partial charge in [-0.2, -0.15) is 0 Å². The molecule has 84 valence electrons. The molecule has 0 aromatic carbocycles. The summed E-state index contributed by atoms with van der Waals surface area (Å²) in [6, 6.07) is -0.323. The van der Waals surface area contributed by atoms with Gasteiger partial charge in [0.15, 0.2) is 0 Å². The Balaban J connectivity index is 2.18. The average molecular weight is 210 g/mol. The van der Waals surface area contributed by atoms with Crippen molar-refractivity contribution in [2.75, 3.05) is 0 Å². The minimum absolute atomic E-state index is 0.115. The second kappa shape index (κ2) is 3.51. The summed E-state index contributed by atoms with van der Waals surface area (Å²) in [5, 5.41) is 5.20. The van der Waals surface area contributed by atoms with Gasteiger partial charge in [-0.15, -0.1) is 0 Å². The van der Waals surface area contributed by atoms with Gasteiger partial charge in [0.1, 0.15) is 5.54 Å². The van der Waals surface area contributed by atoms with E-state index in [2.05, 4.69) is 24.5 Å². The molecule has 0 unspecified atom stereocenters. The van der Waals surface area contributed by atoms with Gasteiger partial charge in [-0.1, -0.05) is 20.3 Å². The predicted molar refractivity (Wildman–Crippen MR) is 56.2 cm³/mol. The third-order valence-corrected chi connectivity index (χ3v) is 3.55. The fourth-order valence-corrected chi connectivity index (χ4v) is 2.93. The van der Waals surface area contributed by atoms with Crippen LogP contribution in [-0.2, 0) is 4.79 Å². The highest BCUT2D eigenvalue weighted by Crippen LogP contribution is 2.41. The summed E-state index contributed by atoms with van der Waals surface area (Å²) in [5.41, 5.74) is -0.582. The number of carbonyl (C=O) groups excluding carboxylic acids is 2. The lowest BCUT2D eigenvalue weighted by Crippen LogP contribution is -2.50. The predicted octanol–water partition coefficient (Wildman–Crippen LogP) is 1.41. The highest BCUT2D eigenvalue weighted by atomic mass is 16.2. The van der Waals surface area contributed by atoms with Gasteiger partial charge < -0.3 is 5.32 Å². The van der Waals surface area contributed by atoms with Crippen LogP contribution in [0.4, 0.5) is 4.79 Å². The normalized spacial score (nSPS) is 35.0.